The number of nitrogens with one attached hydrogen (secondary N) is 1. The number of nitrogens with zero attached hydrogens (tertiary/aromatic N) is 4. The molecule has 3 aliphatic rings. The molecule has 3 aromatic carbocycles. The van der Waals surface area contributed by atoms with Gasteiger partial charge in [-0.1, -0.05) is 87.9 Å². The smallest absolute Gasteiger partial charge is 0.324 e. The van der Waals surface area contributed by atoms with E-state index in [1.54, 1.807) is 30.0 Å². The number of ether oxygens (including phenoxy) is 2. The van der Waals surface area contributed by atoms with Crippen molar-refractivity contribution < 1.29 is 14.3 Å². The van der Waals surface area contributed by atoms with Crippen molar-refractivity contribution in [1.82, 2.24) is 14.5 Å². The van der Waals surface area contributed by atoms with Gasteiger partial charge in [-0.2, -0.15) is 4.68 Å². The molecule has 1 fully saturated rings. The fraction of sp³-hybridized carbons (Fsp3) is 0.179. The highest BCUT2D eigenvalue weighted by Gasteiger charge is 2.69. The molecule has 196 valence electrons. The Morgan fingerprint density at radius 2 is 1.59 bits per heavy atom. The molecule has 11 heteroatoms. The zero-order valence-electron chi connectivity index (χ0n) is 20.9. The molecule has 9 nitrogen and oxygen atoms in total. The number of urea groups is 1. The maximum absolute atomic E-state index is 13.9. The number of benzene rings is 3. The van der Waals surface area contributed by atoms with Crippen LogP contribution in [0.4, 0.5) is 4.79 Å². The maximum atomic E-state index is 13.9. The van der Waals surface area contributed by atoms with Gasteiger partial charge < -0.3 is 9.47 Å². The normalized spacial score (nSPS) is 23.4. The molecular weight excluding hydrogens is 582 g/mol. The van der Waals surface area contributed by atoms with E-state index in [4.69, 9.17) is 14.5 Å². The average Bonchev–Trinajstić information content (AvgIpc) is 3.58. The van der Waals surface area contributed by atoms with Gasteiger partial charge in [-0.25, -0.2) is 9.79 Å². The number of aromatic nitrogens is 1. The molecule has 1 saturated heterocycles. The second kappa shape index (κ2) is 8.45. The SMILES string of the molecule is CN1C(=O)N(C)C2(c3ccccc3)Nn3c(s/c(=C\c4cc5c(cc4Br)OCO5)c3=O)=NC12c1ccccc1. The van der Waals surface area contributed by atoms with Crippen molar-refractivity contribution in [1.29, 1.82) is 0 Å². The van der Waals surface area contributed by atoms with E-state index < -0.39 is 11.3 Å². The summed E-state index contributed by atoms with van der Waals surface area (Å²) in [6.07, 6.45) is 1.81. The van der Waals surface area contributed by atoms with Gasteiger partial charge in [0, 0.05) is 29.7 Å². The van der Waals surface area contributed by atoms with Crippen LogP contribution in [0.25, 0.3) is 6.08 Å². The molecule has 7 rings (SSSR count). The van der Waals surface area contributed by atoms with E-state index in [1.165, 1.54) is 16.0 Å². The summed E-state index contributed by atoms with van der Waals surface area (Å²) >= 11 is 4.84. The highest BCUT2D eigenvalue weighted by atomic mass is 79.9. The summed E-state index contributed by atoms with van der Waals surface area (Å²) in [5, 5.41) is 0. The minimum Gasteiger partial charge on any atom is -0.454 e. The quantitative estimate of drug-likeness (QED) is 0.389. The lowest BCUT2D eigenvalue weighted by Gasteiger charge is -2.49. The number of carbonyl (C=O) groups excluding carboxylic acids is 1. The molecule has 1 aromatic heterocycles. The van der Waals surface area contributed by atoms with Crippen molar-refractivity contribution >= 4 is 39.4 Å². The van der Waals surface area contributed by atoms with Crippen molar-refractivity contribution in [2.45, 2.75) is 11.3 Å². The van der Waals surface area contributed by atoms with Crippen LogP contribution in [0.15, 0.2) is 87.1 Å². The van der Waals surface area contributed by atoms with Gasteiger partial charge in [0.1, 0.15) is 0 Å². The van der Waals surface area contributed by atoms with E-state index in [-0.39, 0.29) is 18.4 Å². The summed E-state index contributed by atoms with van der Waals surface area (Å²) in [4.78, 5) is 36.5. The molecule has 0 spiro atoms. The highest BCUT2D eigenvalue weighted by Crippen LogP contribution is 2.53. The Morgan fingerprint density at radius 3 is 2.28 bits per heavy atom. The number of rotatable bonds is 3. The fourth-order valence-electron chi connectivity index (χ4n) is 5.70. The lowest BCUT2D eigenvalue weighted by atomic mass is 9.80. The molecule has 0 aliphatic carbocycles. The van der Waals surface area contributed by atoms with Gasteiger partial charge in [-0.15, -0.1) is 0 Å². The Labute approximate surface area is 235 Å². The van der Waals surface area contributed by atoms with E-state index in [0.29, 0.717) is 20.8 Å². The number of carbonyl (C=O) groups is 1. The van der Waals surface area contributed by atoms with Crippen LogP contribution in [0.1, 0.15) is 16.7 Å². The van der Waals surface area contributed by atoms with Gasteiger partial charge >= 0.3 is 6.03 Å². The average molecular weight is 604 g/mol. The Morgan fingerprint density at radius 1 is 0.949 bits per heavy atom. The first-order valence-corrected chi connectivity index (χ1v) is 13.8. The third kappa shape index (κ3) is 3.14. The van der Waals surface area contributed by atoms with Crippen LogP contribution in [0.5, 0.6) is 11.5 Å². The molecule has 2 atom stereocenters. The Kier molecular flexibility index (Phi) is 5.20. The van der Waals surface area contributed by atoms with Gasteiger partial charge in [0.15, 0.2) is 11.5 Å². The molecule has 0 radical (unpaired) electrons. The molecule has 0 saturated carbocycles. The van der Waals surface area contributed by atoms with Crippen LogP contribution >= 0.6 is 27.3 Å². The van der Waals surface area contributed by atoms with E-state index in [1.807, 2.05) is 72.8 Å². The molecule has 2 unspecified atom stereocenters. The maximum Gasteiger partial charge on any atom is 0.324 e. The third-order valence-corrected chi connectivity index (χ3v) is 9.21. The summed E-state index contributed by atoms with van der Waals surface area (Å²) < 4.78 is 13.7. The zero-order chi connectivity index (χ0) is 26.9. The van der Waals surface area contributed by atoms with Crippen LogP contribution in [0.2, 0.25) is 0 Å². The van der Waals surface area contributed by atoms with Crippen molar-refractivity contribution in [2.24, 2.45) is 4.99 Å². The first kappa shape index (κ1) is 24.0. The molecule has 3 aliphatic heterocycles. The lowest BCUT2D eigenvalue weighted by Crippen LogP contribution is -2.67. The van der Waals surface area contributed by atoms with Gasteiger partial charge in [0.25, 0.3) is 5.56 Å². The van der Waals surface area contributed by atoms with Gasteiger partial charge in [0.2, 0.25) is 22.9 Å². The monoisotopic (exact) mass is 603 g/mol. The van der Waals surface area contributed by atoms with Gasteiger partial charge in [0.05, 0.1) is 4.53 Å². The topological polar surface area (TPSA) is 88.4 Å². The molecule has 2 amide bonds. The minimum atomic E-state index is -1.21. The standard InChI is InChI=1S/C28H22BrN5O4S/c1-32-26(36)33(2)28(19-11-7-4-8-12-19)27(32,18-9-5-3-6-10-18)30-25-34(31-28)24(35)23(39-25)14-17-13-21-22(15-20(17)29)38-16-37-21/h3-15,31H,16H2,1-2H3/b23-14-. The van der Waals surface area contributed by atoms with Crippen LogP contribution in [-0.4, -0.2) is 41.4 Å². The predicted molar refractivity (Wildman–Crippen MR) is 150 cm³/mol. The Bertz CT molecular complexity index is 1830. The van der Waals surface area contributed by atoms with E-state index in [0.717, 1.165) is 21.2 Å². The number of fused-ring (bicyclic) bond motifs is 3. The zero-order valence-corrected chi connectivity index (χ0v) is 23.3. The van der Waals surface area contributed by atoms with Crippen LogP contribution in [-0.2, 0) is 11.3 Å². The summed E-state index contributed by atoms with van der Waals surface area (Å²) in [6.45, 7) is 0.160. The van der Waals surface area contributed by atoms with Crippen molar-refractivity contribution in [2.75, 3.05) is 26.3 Å². The molecule has 1 N–H and O–H groups in total. The molecule has 4 heterocycles. The summed E-state index contributed by atoms with van der Waals surface area (Å²) in [5.74, 6) is 1.27. The van der Waals surface area contributed by atoms with Crippen molar-refractivity contribution in [3.8, 4) is 11.5 Å². The first-order valence-electron chi connectivity index (χ1n) is 12.2. The van der Waals surface area contributed by atoms with Gasteiger partial charge in [-0.3, -0.25) is 20.0 Å². The summed E-state index contributed by atoms with van der Waals surface area (Å²) in [5.41, 5.74) is 3.19. The molecular formula is C28H22BrN5O4S. The van der Waals surface area contributed by atoms with Crippen LogP contribution < -0.4 is 29.8 Å². The number of hydrogen-bond donors (Lipinski definition) is 1. The van der Waals surface area contributed by atoms with E-state index in [9.17, 15) is 9.59 Å². The number of halogens is 1. The van der Waals surface area contributed by atoms with Crippen molar-refractivity contribution in [3.63, 3.8) is 0 Å². The Hall–Kier alpha value is -4.09. The molecule has 4 aromatic rings. The molecule has 0 bridgehead atoms. The summed E-state index contributed by atoms with van der Waals surface area (Å²) in [7, 11) is 3.48. The largest absolute Gasteiger partial charge is 0.454 e. The predicted octanol–water partition coefficient (Wildman–Crippen LogP) is 3.11. The second-order valence-electron chi connectivity index (χ2n) is 9.50. The minimum absolute atomic E-state index is 0.160. The van der Waals surface area contributed by atoms with E-state index in [2.05, 4.69) is 21.4 Å². The third-order valence-electron chi connectivity index (χ3n) is 7.55. The van der Waals surface area contributed by atoms with Gasteiger partial charge in [-0.05, 0) is 23.8 Å². The van der Waals surface area contributed by atoms with Crippen molar-refractivity contribution in [3.05, 3.63) is 114 Å². The number of likely N-dealkylation sites (N-methyl/N-ethyl adjacent to an activating group) is 2. The number of hydrogen-bond acceptors (Lipinski definition) is 7. The first-order chi connectivity index (χ1) is 18.9. The number of amides is 2. The summed E-state index contributed by atoms with van der Waals surface area (Å²) in [6, 6.07) is 22.8. The molecule has 39 heavy (non-hydrogen) atoms. The number of thiazole rings is 1. The second-order valence-corrected chi connectivity index (χ2v) is 11.4. The Balaban J connectivity index is 1.53. The lowest BCUT2D eigenvalue weighted by molar-refractivity contribution is 0.0648. The highest BCUT2D eigenvalue weighted by molar-refractivity contribution is 9.10. The van der Waals surface area contributed by atoms with Crippen LogP contribution in [0.3, 0.4) is 0 Å². The fourth-order valence-corrected chi connectivity index (χ4v) is 7.10. The van der Waals surface area contributed by atoms with E-state index >= 15 is 0 Å². The van der Waals surface area contributed by atoms with Crippen LogP contribution in [0, 0.1) is 0 Å².